The largest absolute Gasteiger partial charge is 0.345 e. The summed E-state index contributed by atoms with van der Waals surface area (Å²) in [5.41, 5.74) is 3.21. The summed E-state index contributed by atoms with van der Waals surface area (Å²) in [4.78, 5) is 19.0. The van der Waals surface area contributed by atoms with Crippen molar-refractivity contribution in [3.8, 4) is 0 Å². The van der Waals surface area contributed by atoms with E-state index in [9.17, 15) is 4.79 Å². The molecule has 0 unspecified atom stereocenters. The summed E-state index contributed by atoms with van der Waals surface area (Å²) in [6.07, 6.45) is 7.22. The maximum atomic E-state index is 11.7. The van der Waals surface area contributed by atoms with E-state index in [-0.39, 0.29) is 6.03 Å². The highest BCUT2D eigenvalue weighted by atomic mass is 16.2. The summed E-state index contributed by atoms with van der Waals surface area (Å²) >= 11 is 0. The van der Waals surface area contributed by atoms with Crippen LogP contribution >= 0.6 is 0 Å². The van der Waals surface area contributed by atoms with Crippen LogP contribution in [0.15, 0.2) is 24.5 Å². The number of amides is 2. The molecule has 2 aromatic rings. The fourth-order valence-electron chi connectivity index (χ4n) is 2.77. The van der Waals surface area contributed by atoms with E-state index in [0.717, 1.165) is 30.3 Å². The SMILES string of the molecule is O=C(NCCc1ccc2nc[nH]c2c1)NC1CCCC1. The molecular weight excluding hydrogens is 252 g/mol. The minimum atomic E-state index is -0.0421. The number of rotatable bonds is 4. The quantitative estimate of drug-likeness (QED) is 0.799. The van der Waals surface area contributed by atoms with Gasteiger partial charge in [0.1, 0.15) is 0 Å². The van der Waals surface area contributed by atoms with Crippen LogP contribution in [0.25, 0.3) is 11.0 Å². The summed E-state index contributed by atoms with van der Waals surface area (Å²) < 4.78 is 0. The molecule has 0 atom stereocenters. The maximum absolute atomic E-state index is 11.7. The van der Waals surface area contributed by atoms with Crippen molar-refractivity contribution in [2.24, 2.45) is 0 Å². The number of fused-ring (bicyclic) bond motifs is 1. The number of H-pyrrole nitrogens is 1. The Morgan fingerprint density at radius 1 is 1.35 bits per heavy atom. The van der Waals surface area contributed by atoms with Crippen LogP contribution < -0.4 is 10.6 Å². The number of benzene rings is 1. The average molecular weight is 272 g/mol. The molecule has 1 saturated carbocycles. The highest BCUT2D eigenvalue weighted by Gasteiger charge is 2.16. The molecule has 0 spiro atoms. The van der Waals surface area contributed by atoms with Crippen molar-refractivity contribution in [1.82, 2.24) is 20.6 Å². The Balaban J connectivity index is 1.45. The molecule has 5 heteroatoms. The van der Waals surface area contributed by atoms with Crippen molar-refractivity contribution in [2.75, 3.05) is 6.54 Å². The van der Waals surface area contributed by atoms with E-state index in [1.807, 2.05) is 6.07 Å². The minimum Gasteiger partial charge on any atom is -0.345 e. The van der Waals surface area contributed by atoms with Crippen LogP contribution in [0.1, 0.15) is 31.2 Å². The number of hydrogen-bond donors (Lipinski definition) is 3. The first kappa shape index (κ1) is 13.0. The van der Waals surface area contributed by atoms with Crippen molar-refractivity contribution in [1.29, 1.82) is 0 Å². The monoisotopic (exact) mass is 272 g/mol. The lowest BCUT2D eigenvalue weighted by atomic mass is 10.1. The topological polar surface area (TPSA) is 69.8 Å². The van der Waals surface area contributed by atoms with E-state index in [2.05, 4.69) is 32.7 Å². The van der Waals surface area contributed by atoms with Gasteiger partial charge in [-0.05, 0) is 37.0 Å². The third kappa shape index (κ3) is 3.10. The molecule has 1 aromatic heterocycles. The molecule has 0 bridgehead atoms. The number of nitrogens with zero attached hydrogens (tertiary/aromatic N) is 1. The smallest absolute Gasteiger partial charge is 0.315 e. The standard InChI is InChI=1S/C15H20N4O/c20-15(19-12-3-1-2-4-12)16-8-7-11-5-6-13-14(9-11)18-10-17-13/h5-6,9-10,12H,1-4,7-8H2,(H,17,18)(H2,16,19,20). The molecule has 1 fully saturated rings. The first-order chi connectivity index (χ1) is 9.81. The predicted octanol–water partition coefficient (Wildman–Crippen LogP) is 2.35. The lowest BCUT2D eigenvalue weighted by molar-refractivity contribution is 0.237. The van der Waals surface area contributed by atoms with Gasteiger partial charge < -0.3 is 15.6 Å². The number of urea groups is 1. The van der Waals surface area contributed by atoms with Crippen LogP contribution in [0.4, 0.5) is 4.79 Å². The van der Waals surface area contributed by atoms with Crippen molar-refractivity contribution in [2.45, 2.75) is 38.1 Å². The second kappa shape index (κ2) is 5.94. The molecule has 5 nitrogen and oxygen atoms in total. The normalized spacial score (nSPS) is 15.6. The van der Waals surface area contributed by atoms with E-state index >= 15 is 0 Å². The van der Waals surface area contributed by atoms with Crippen LogP contribution in [-0.4, -0.2) is 28.6 Å². The van der Waals surface area contributed by atoms with E-state index in [1.54, 1.807) is 6.33 Å². The van der Waals surface area contributed by atoms with Crippen LogP contribution in [0.2, 0.25) is 0 Å². The van der Waals surface area contributed by atoms with Gasteiger partial charge >= 0.3 is 6.03 Å². The van der Waals surface area contributed by atoms with Crippen LogP contribution in [0.5, 0.6) is 0 Å². The molecule has 3 rings (SSSR count). The van der Waals surface area contributed by atoms with Gasteiger partial charge in [-0.2, -0.15) is 0 Å². The molecule has 2 amide bonds. The Kier molecular flexibility index (Phi) is 3.85. The zero-order valence-corrected chi connectivity index (χ0v) is 11.5. The summed E-state index contributed by atoms with van der Waals surface area (Å²) in [6, 6.07) is 6.47. The van der Waals surface area contributed by atoms with Gasteiger partial charge in [-0.15, -0.1) is 0 Å². The average Bonchev–Trinajstić information content (AvgIpc) is 3.09. The molecule has 1 heterocycles. The molecule has 0 radical (unpaired) electrons. The minimum absolute atomic E-state index is 0.0421. The number of aromatic amines is 1. The third-order valence-corrected chi connectivity index (χ3v) is 3.87. The highest BCUT2D eigenvalue weighted by Crippen LogP contribution is 2.17. The Morgan fingerprint density at radius 2 is 2.20 bits per heavy atom. The first-order valence-corrected chi connectivity index (χ1v) is 7.27. The molecule has 0 saturated heterocycles. The Bertz CT molecular complexity index is 586. The molecule has 0 aliphatic heterocycles. The van der Waals surface area contributed by atoms with Gasteiger partial charge in [0.25, 0.3) is 0 Å². The van der Waals surface area contributed by atoms with E-state index < -0.39 is 0 Å². The lowest BCUT2D eigenvalue weighted by Crippen LogP contribution is -2.41. The number of aromatic nitrogens is 2. The number of carbonyl (C=O) groups is 1. The number of imidazole rings is 1. The first-order valence-electron chi connectivity index (χ1n) is 7.27. The van der Waals surface area contributed by atoms with Gasteiger partial charge in [0.05, 0.1) is 17.4 Å². The van der Waals surface area contributed by atoms with E-state index in [4.69, 9.17) is 0 Å². The van der Waals surface area contributed by atoms with Gasteiger partial charge in [-0.1, -0.05) is 18.9 Å². The second-order valence-electron chi connectivity index (χ2n) is 5.39. The second-order valence-corrected chi connectivity index (χ2v) is 5.39. The van der Waals surface area contributed by atoms with Crippen molar-refractivity contribution in [3.63, 3.8) is 0 Å². The molecule has 1 aliphatic carbocycles. The van der Waals surface area contributed by atoms with Gasteiger partial charge in [-0.25, -0.2) is 9.78 Å². The van der Waals surface area contributed by atoms with E-state index in [0.29, 0.717) is 12.6 Å². The fourth-order valence-corrected chi connectivity index (χ4v) is 2.77. The van der Waals surface area contributed by atoms with Crippen molar-refractivity contribution in [3.05, 3.63) is 30.1 Å². The Morgan fingerprint density at radius 3 is 3.05 bits per heavy atom. The number of nitrogens with one attached hydrogen (secondary N) is 3. The number of hydrogen-bond acceptors (Lipinski definition) is 2. The molecule has 3 N–H and O–H groups in total. The summed E-state index contributed by atoms with van der Waals surface area (Å²) in [5, 5.41) is 5.95. The summed E-state index contributed by atoms with van der Waals surface area (Å²) in [6.45, 7) is 0.651. The van der Waals surface area contributed by atoms with Crippen molar-refractivity contribution >= 4 is 17.1 Å². The highest BCUT2D eigenvalue weighted by molar-refractivity contribution is 5.75. The summed E-state index contributed by atoms with van der Waals surface area (Å²) in [5.74, 6) is 0. The molecule has 106 valence electrons. The molecule has 1 aromatic carbocycles. The molecule has 1 aliphatic rings. The van der Waals surface area contributed by atoms with Crippen LogP contribution in [-0.2, 0) is 6.42 Å². The van der Waals surface area contributed by atoms with E-state index in [1.165, 1.54) is 18.4 Å². The van der Waals surface area contributed by atoms with Crippen LogP contribution in [0.3, 0.4) is 0 Å². The molecule has 20 heavy (non-hydrogen) atoms. The zero-order valence-electron chi connectivity index (χ0n) is 11.5. The van der Waals surface area contributed by atoms with Crippen LogP contribution in [0, 0.1) is 0 Å². The fraction of sp³-hybridized carbons (Fsp3) is 0.467. The van der Waals surface area contributed by atoms with Gasteiger partial charge in [0.2, 0.25) is 0 Å². The maximum Gasteiger partial charge on any atom is 0.315 e. The Labute approximate surface area is 118 Å². The third-order valence-electron chi connectivity index (χ3n) is 3.87. The van der Waals surface area contributed by atoms with Gasteiger partial charge in [0.15, 0.2) is 0 Å². The lowest BCUT2D eigenvalue weighted by Gasteiger charge is -2.12. The zero-order chi connectivity index (χ0) is 13.8. The number of carbonyl (C=O) groups excluding carboxylic acids is 1. The predicted molar refractivity (Wildman–Crippen MR) is 78.6 cm³/mol. The summed E-state index contributed by atoms with van der Waals surface area (Å²) in [7, 11) is 0. The van der Waals surface area contributed by atoms with Crippen molar-refractivity contribution < 1.29 is 4.79 Å². The Hall–Kier alpha value is -2.04. The molecular formula is C15H20N4O. The van der Waals surface area contributed by atoms with Gasteiger partial charge in [0, 0.05) is 12.6 Å². The van der Waals surface area contributed by atoms with Gasteiger partial charge in [-0.3, -0.25) is 0 Å².